The number of piperidine rings is 1. The van der Waals surface area contributed by atoms with Gasteiger partial charge in [0.05, 0.1) is 16.6 Å². The fourth-order valence-electron chi connectivity index (χ4n) is 2.93. The zero-order valence-electron chi connectivity index (χ0n) is 10.9. The van der Waals surface area contributed by atoms with Crippen molar-refractivity contribution < 1.29 is 4.79 Å². The van der Waals surface area contributed by atoms with E-state index in [0.29, 0.717) is 13.1 Å². The number of carbonyl (C=O) groups excluding carboxylic acids is 1. The third kappa shape index (κ3) is 1.85. The topological polar surface area (TPSA) is 58.1 Å². The lowest BCUT2D eigenvalue weighted by Gasteiger charge is -2.38. The molecule has 0 aliphatic carbocycles. The summed E-state index contributed by atoms with van der Waals surface area (Å²) in [5, 5.41) is 0. The predicted molar refractivity (Wildman–Crippen MR) is 73.1 cm³/mol. The van der Waals surface area contributed by atoms with Crippen LogP contribution in [0.5, 0.6) is 0 Å². The number of amides is 1. The summed E-state index contributed by atoms with van der Waals surface area (Å²) in [4.78, 5) is 27.7. The van der Waals surface area contributed by atoms with Gasteiger partial charge >= 0.3 is 5.69 Å². The highest BCUT2D eigenvalue weighted by molar-refractivity contribution is 5.75. The average molecular weight is 259 g/mol. The first-order valence-electron chi connectivity index (χ1n) is 6.54. The van der Waals surface area contributed by atoms with Crippen LogP contribution in [0.25, 0.3) is 11.0 Å². The number of hydrogen-bond donors (Lipinski definition) is 1. The molecule has 0 unspecified atom stereocenters. The smallest absolute Gasteiger partial charge is 0.326 e. The Hall–Kier alpha value is -2.04. The summed E-state index contributed by atoms with van der Waals surface area (Å²) in [5.74, 6) is 0. The van der Waals surface area contributed by atoms with Crippen LogP contribution >= 0.6 is 0 Å². The zero-order valence-corrected chi connectivity index (χ0v) is 10.9. The molecule has 2 aromatic rings. The molecule has 1 fully saturated rings. The van der Waals surface area contributed by atoms with Gasteiger partial charge in [0, 0.05) is 13.1 Å². The first-order chi connectivity index (χ1) is 9.14. The Kier molecular flexibility index (Phi) is 2.69. The minimum absolute atomic E-state index is 0.0664. The number of hydrogen-bond acceptors (Lipinski definition) is 2. The molecule has 0 saturated carbocycles. The number of nitrogens with zero attached hydrogens (tertiary/aromatic N) is 2. The van der Waals surface area contributed by atoms with E-state index in [-0.39, 0.29) is 11.2 Å². The van der Waals surface area contributed by atoms with E-state index in [9.17, 15) is 9.59 Å². The summed E-state index contributed by atoms with van der Waals surface area (Å²) in [5.41, 5.74) is 1.51. The normalized spacial score (nSPS) is 18.7. The molecule has 100 valence electrons. The zero-order chi connectivity index (χ0) is 13.5. The molecule has 1 aliphatic heterocycles. The van der Waals surface area contributed by atoms with E-state index >= 15 is 0 Å². The van der Waals surface area contributed by atoms with Crippen molar-refractivity contribution in [1.82, 2.24) is 14.5 Å². The van der Waals surface area contributed by atoms with E-state index in [0.717, 1.165) is 30.3 Å². The summed E-state index contributed by atoms with van der Waals surface area (Å²) >= 11 is 0. The van der Waals surface area contributed by atoms with Crippen molar-refractivity contribution in [2.75, 3.05) is 13.1 Å². The molecule has 1 N–H and O–H groups in total. The van der Waals surface area contributed by atoms with Gasteiger partial charge < -0.3 is 9.88 Å². The van der Waals surface area contributed by atoms with Crippen LogP contribution < -0.4 is 5.69 Å². The number of H-pyrrole nitrogens is 1. The number of para-hydroxylation sites is 2. The Labute approximate surface area is 110 Å². The van der Waals surface area contributed by atoms with Gasteiger partial charge in [-0.05, 0) is 31.9 Å². The molecule has 5 nitrogen and oxygen atoms in total. The van der Waals surface area contributed by atoms with Crippen LogP contribution in [-0.4, -0.2) is 34.0 Å². The van der Waals surface area contributed by atoms with Crippen LogP contribution in [0.15, 0.2) is 29.1 Å². The van der Waals surface area contributed by atoms with Gasteiger partial charge in [0.1, 0.15) is 0 Å². The second-order valence-corrected chi connectivity index (χ2v) is 5.42. The molecule has 3 rings (SSSR count). The van der Waals surface area contributed by atoms with Crippen LogP contribution in [0.2, 0.25) is 0 Å². The molecule has 2 heterocycles. The number of aromatic amines is 1. The number of fused-ring (bicyclic) bond motifs is 1. The molecule has 5 heteroatoms. The molecule has 0 bridgehead atoms. The second kappa shape index (κ2) is 4.26. The second-order valence-electron chi connectivity index (χ2n) is 5.42. The maximum atomic E-state index is 12.2. The van der Waals surface area contributed by atoms with Gasteiger partial charge in [-0.1, -0.05) is 12.1 Å². The maximum Gasteiger partial charge on any atom is 0.326 e. The summed E-state index contributed by atoms with van der Waals surface area (Å²) in [6.45, 7) is 3.49. The Balaban J connectivity index is 2.07. The number of nitrogens with one attached hydrogen (secondary N) is 1. The summed E-state index contributed by atoms with van der Waals surface area (Å²) in [6, 6.07) is 7.73. The van der Waals surface area contributed by atoms with Gasteiger partial charge in [-0.3, -0.25) is 9.36 Å². The third-order valence-electron chi connectivity index (χ3n) is 4.15. The Morgan fingerprint density at radius 2 is 1.95 bits per heavy atom. The molecule has 1 aromatic carbocycles. The number of benzene rings is 1. The summed E-state index contributed by atoms with van der Waals surface area (Å²) in [7, 11) is 0. The average Bonchev–Trinajstić information content (AvgIpc) is 2.76. The highest BCUT2D eigenvalue weighted by atomic mass is 16.1. The van der Waals surface area contributed by atoms with E-state index < -0.39 is 0 Å². The van der Waals surface area contributed by atoms with Gasteiger partial charge in [0.15, 0.2) is 0 Å². The van der Waals surface area contributed by atoms with Gasteiger partial charge in [-0.25, -0.2) is 4.79 Å². The first-order valence-corrected chi connectivity index (χ1v) is 6.54. The number of carbonyl (C=O) groups is 1. The monoisotopic (exact) mass is 259 g/mol. The molecule has 0 atom stereocenters. The quantitative estimate of drug-likeness (QED) is 0.826. The van der Waals surface area contributed by atoms with E-state index in [1.54, 1.807) is 4.90 Å². The van der Waals surface area contributed by atoms with Gasteiger partial charge in [0.2, 0.25) is 6.41 Å². The number of likely N-dealkylation sites (tertiary alicyclic amines) is 1. The largest absolute Gasteiger partial charge is 0.345 e. The summed E-state index contributed by atoms with van der Waals surface area (Å²) in [6.07, 6.45) is 2.48. The lowest BCUT2D eigenvalue weighted by atomic mass is 9.89. The lowest BCUT2D eigenvalue weighted by molar-refractivity contribution is -0.119. The SMILES string of the molecule is CC1(n2c(=O)[nH]c3ccccc32)CCN(C=O)CC1. The summed E-state index contributed by atoms with van der Waals surface area (Å²) < 4.78 is 1.85. The van der Waals surface area contributed by atoms with Crippen LogP contribution in [0, 0.1) is 0 Å². The van der Waals surface area contributed by atoms with Gasteiger partial charge in [-0.2, -0.15) is 0 Å². The van der Waals surface area contributed by atoms with Gasteiger partial charge in [-0.15, -0.1) is 0 Å². The standard InChI is InChI=1S/C14H17N3O2/c1-14(6-8-16(10-18)9-7-14)17-12-5-3-2-4-11(12)15-13(17)19/h2-5,10H,6-9H2,1H3,(H,15,19). The van der Waals surface area contributed by atoms with Crippen molar-refractivity contribution in [2.24, 2.45) is 0 Å². The van der Waals surface area contributed by atoms with Crippen LogP contribution in [0.1, 0.15) is 19.8 Å². The third-order valence-corrected chi connectivity index (χ3v) is 4.15. The number of aromatic nitrogens is 2. The molecule has 1 amide bonds. The van der Waals surface area contributed by atoms with Crippen molar-refractivity contribution in [3.8, 4) is 0 Å². The van der Waals surface area contributed by atoms with E-state index in [1.807, 2.05) is 28.8 Å². The minimum Gasteiger partial charge on any atom is -0.345 e. The Bertz CT molecular complexity index is 663. The minimum atomic E-state index is -0.226. The van der Waals surface area contributed by atoms with E-state index in [1.165, 1.54) is 0 Å². The molecular formula is C14H17N3O2. The molecule has 1 aliphatic rings. The Morgan fingerprint density at radius 3 is 2.63 bits per heavy atom. The highest BCUT2D eigenvalue weighted by Gasteiger charge is 2.33. The number of imidazole rings is 1. The van der Waals surface area contributed by atoms with E-state index in [2.05, 4.69) is 11.9 Å². The molecule has 1 aromatic heterocycles. The van der Waals surface area contributed by atoms with E-state index in [4.69, 9.17) is 0 Å². The maximum absolute atomic E-state index is 12.2. The van der Waals surface area contributed by atoms with Crippen molar-refractivity contribution in [1.29, 1.82) is 0 Å². The Morgan fingerprint density at radius 1 is 1.26 bits per heavy atom. The predicted octanol–water partition coefficient (Wildman–Crippen LogP) is 1.30. The van der Waals surface area contributed by atoms with Crippen LogP contribution in [0.3, 0.4) is 0 Å². The van der Waals surface area contributed by atoms with Crippen molar-refractivity contribution >= 4 is 17.4 Å². The van der Waals surface area contributed by atoms with Gasteiger partial charge in [0.25, 0.3) is 0 Å². The lowest BCUT2D eigenvalue weighted by Crippen LogP contribution is -2.46. The molecular weight excluding hydrogens is 242 g/mol. The molecule has 0 radical (unpaired) electrons. The van der Waals surface area contributed by atoms with Crippen molar-refractivity contribution in [2.45, 2.75) is 25.3 Å². The van der Waals surface area contributed by atoms with Crippen molar-refractivity contribution in [3.05, 3.63) is 34.7 Å². The fraction of sp³-hybridized carbons (Fsp3) is 0.429. The highest BCUT2D eigenvalue weighted by Crippen LogP contribution is 2.30. The van der Waals surface area contributed by atoms with Crippen LogP contribution in [0.4, 0.5) is 0 Å². The molecule has 1 saturated heterocycles. The van der Waals surface area contributed by atoms with Crippen LogP contribution in [-0.2, 0) is 10.3 Å². The molecule has 0 spiro atoms. The fourth-order valence-corrected chi connectivity index (χ4v) is 2.93. The molecule has 19 heavy (non-hydrogen) atoms. The number of rotatable bonds is 2. The first kappa shape index (κ1) is 12.0. The van der Waals surface area contributed by atoms with Crippen molar-refractivity contribution in [3.63, 3.8) is 0 Å².